The van der Waals surface area contributed by atoms with Crippen LogP contribution in [0, 0.1) is 5.41 Å². The minimum atomic E-state index is -0.821. The first-order valence-corrected chi connectivity index (χ1v) is 4.85. The number of aliphatic hydroxyl groups is 1. The van der Waals surface area contributed by atoms with Crippen LogP contribution in [0.2, 0.25) is 0 Å². The van der Waals surface area contributed by atoms with Gasteiger partial charge in [-0.2, -0.15) is 0 Å². The Balaban J connectivity index is 2.68. The average molecular weight is 215 g/mol. The number of aliphatic hydroxyl groups excluding tert-OH is 1. The Morgan fingerprint density at radius 2 is 2.20 bits per heavy atom. The monoisotopic (exact) mass is 215 g/mol. The summed E-state index contributed by atoms with van der Waals surface area (Å²) in [5.74, 6) is -0.233. The molecule has 15 heavy (non-hydrogen) atoms. The molecule has 6 heteroatoms. The topological polar surface area (TPSA) is 99.2 Å². The minimum Gasteiger partial charge on any atom is -0.409 e. The SMILES string of the molecule is CC(O)CN(C)C(=O)C1(C(N)=NO)CC1. The van der Waals surface area contributed by atoms with E-state index in [-0.39, 0.29) is 18.3 Å². The number of amidine groups is 1. The number of nitrogens with two attached hydrogens (primary N) is 1. The van der Waals surface area contributed by atoms with E-state index in [1.165, 1.54) is 4.90 Å². The molecular weight excluding hydrogens is 198 g/mol. The molecule has 0 aromatic heterocycles. The lowest BCUT2D eigenvalue weighted by molar-refractivity contribution is -0.134. The fraction of sp³-hybridized carbons (Fsp3) is 0.778. The van der Waals surface area contributed by atoms with E-state index < -0.39 is 11.5 Å². The molecule has 0 saturated heterocycles. The maximum atomic E-state index is 11.9. The summed E-state index contributed by atoms with van der Waals surface area (Å²) < 4.78 is 0. The van der Waals surface area contributed by atoms with E-state index in [9.17, 15) is 4.79 Å². The highest BCUT2D eigenvalue weighted by Gasteiger charge is 2.55. The molecule has 1 saturated carbocycles. The zero-order valence-electron chi connectivity index (χ0n) is 8.97. The van der Waals surface area contributed by atoms with Crippen LogP contribution in [0.3, 0.4) is 0 Å². The van der Waals surface area contributed by atoms with Gasteiger partial charge in [-0.25, -0.2) is 0 Å². The molecule has 86 valence electrons. The third-order valence-electron chi connectivity index (χ3n) is 2.64. The summed E-state index contributed by atoms with van der Waals surface area (Å²) in [5, 5.41) is 20.6. The first kappa shape index (κ1) is 11.8. The number of likely N-dealkylation sites (N-methyl/N-ethyl adjacent to an activating group) is 1. The molecule has 1 aliphatic carbocycles. The number of nitrogens with zero attached hydrogens (tertiary/aromatic N) is 2. The van der Waals surface area contributed by atoms with Crippen LogP contribution < -0.4 is 5.73 Å². The molecule has 0 spiro atoms. The number of amides is 1. The van der Waals surface area contributed by atoms with Crippen molar-refractivity contribution in [3.8, 4) is 0 Å². The fourth-order valence-corrected chi connectivity index (χ4v) is 1.64. The van der Waals surface area contributed by atoms with Crippen LogP contribution in [-0.2, 0) is 4.79 Å². The molecule has 0 radical (unpaired) electrons. The summed E-state index contributed by atoms with van der Waals surface area (Å²) in [6, 6.07) is 0. The maximum Gasteiger partial charge on any atom is 0.236 e. The quantitative estimate of drug-likeness (QED) is 0.251. The lowest BCUT2D eigenvalue weighted by atomic mass is 10.0. The van der Waals surface area contributed by atoms with Crippen molar-refractivity contribution in [2.24, 2.45) is 16.3 Å². The normalized spacial score (nSPS) is 20.9. The standard InChI is InChI=1S/C9H17N3O3/c1-6(13)5-12(2)8(14)9(3-4-9)7(10)11-15/h6,13,15H,3-5H2,1-2H3,(H2,10,11). The van der Waals surface area contributed by atoms with Gasteiger partial charge in [0.2, 0.25) is 5.91 Å². The van der Waals surface area contributed by atoms with Crippen molar-refractivity contribution in [1.29, 1.82) is 0 Å². The number of oxime groups is 1. The molecule has 1 aliphatic rings. The second-order valence-corrected chi connectivity index (χ2v) is 4.10. The molecule has 1 atom stereocenters. The molecule has 1 rings (SSSR count). The molecule has 1 unspecified atom stereocenters. The van der Waals surface area contributed by atoms with Gasteiger partial charge in [-0.05, 0) is 19.8 Å². The molecule has 0 heterocycles. The number of hydrogen-bond acceptors (Lipinski definition) is 4. The van der Waals surface area contributed by atoms with Gasteiger partial charge in [0.15, 0.2) is 5.84 Å². The first-order valence-electron chi connectivity index (χ1n) is 4.85. The van der Waals surface area contributed by atoms with Crippen LogP contribution in [0.25, 0.3) is 0 Å². The molecule has 0 aromatic rings. The molecule has 1 amide bonds. The minimum absolute atomic E-state index is 0.0371. The third kappa shape index (κ3) is 2.20. The lowest BCUT2D eigenvalue weighted by Gasteiger charge is -2.23. The van der Waals surface area contributed by atoms with Gasteiger partial charge in [0.25, 0.3) is 0 Å². The van der Waals surface area contributed by atoms with E-state index >= 15 is 0 Å². The van der Waals surface area contributed by atoms with E-state index in [1.807, 2.05) is 0 Å². The number of carbonyl (C=O) groups is 1. The van der Waals surface area contributed by atoms with Gasteiger partial charge >= 0.3 is 0 Å². The van der Waals surface area contributed by atoms with E-state index in [0.717, 1.165) is 0 Å². The Hall–Kier alpha value is -1.30. The molecule has 1 fully saturated rings. The molecule has 6 nitrogen and oxygen atoms in total. The summed E-state index contributed by atoms with van der Waals surface area (Å²) in [7, 11) is 1.60. The van der Waals surface area contributed by atoms with Crippen molar-refractivity contribution in [2.75, 3.05) is 13.6 Å². The van der Waals surface area contributed by atoms with Crippen LogP contribution in [-0.4, -0.2) is 46.7 Å². The fourth-order valence-electron chi connectivity index (χ4n) is 1.64. The Morgan fingerprint density at radius 3 is 2.53 bits per heavy atom. The summed E-state index contributed by atoms with van der Waals surface area (Å²) in [4.78, 5) is 13.3. The summed E-state index contributed by atoms with van der Waals surface area (Å²) in [6.45, 7) is 1.85. The van der Waals surface area contributed by atoms with Gasteiger partial charge in [0.1, 0.15) is 5.41 Å². The number of hydrogen-bond donors (Lipinski definition) is 3. The van der Waals surface area contributed by atoms with Gasteiger partial charge in [-0.15, -0.1) is 0 Å². The zero-order chi connectivity index (χ0) is 11.6. The maximum absolute atomic E-state index is 11.9. The van der Waals surface area contributed by atoms with E-state index in [0.29, 0.717) is 12.8 Å². The zero-order valence-corrected chi connectivity index (χ0v) is 8.97. The van der Waals surface area contributed by atoms with Gasteiger partial charge in [-0.3, -0.25) is 4.79 Å². The highest BCUT2D eigenvalue weighted by atomic mass is 16.4. The van der Waals surface area contributed by atoms with Crippen molar-refractivity contribution in [1.82, 2.24) is 4.90 Å². The third-order valence-corrected chi connectivity index (χ3v) is 2.64. The highest BCUT2D eigenvalue weighted by Crippen LogP contribution is 2.47. The van der Waals surface area contributed by atoms with Crippen LogP contribution >= 0.6 is 0 Å². The van der Waals surface area contributed by atoms with Crippen LogP contribution in [0.1, 0.15) is 19.8 Å². The average Bonchev–Trinajstić information content (AvgIpc) is 2.95. The second kappa shape index (κ2) is 4.06. The Kier molecular flexibility index (Phi) is 3.18. The van der Waals surface area contributed by atoms with Crippen molar-refractivity contribution in [3.05, 3.63) is 0 Å². The predicted octanol–water partition coefficient (Wildman–Crippen LogP) is -0.648. The van der Waals surface area contributed by atoms with E-state index in [4.69, 9.17) is 16.0 Å². The van der Waals surface area contributed by atoms with E-state index in [2.05, 4.69) is 5.16 Å². The predicted molar refractivity (Wildman–Crippen MR) is 54.4 cm³/mol. The number of rotatable bonds is 4. The molecular formula is C9H17N3O3. The van der Waals surface area contributed by atoms with Crippen LogP contribution in [0.15, 0.2) is 5.16 Å². The summed E-state index contributed by atoms with van der Waals surface area (Å²) >= 11 is 0. The molecule has 0 aliphatic heterocycles. The van der Waals surface area contributed by atoms with Crippen molar-refractivity contribution in [2.45, 2.75) is 25.9 Å². The van der Waals surface area contributed by atoms with E-state index in [1.54, 1.807) is 14.0 Å². The Labute approximate surface area is 88.4 Å². The molecule has 0 aromatic carbocycles. The van der Waals surface area contributed by atoms with Gasteiger partial charge in [0, 0.05) is 13.6 Å². The summed E-state index contributed by atoms with van der Waals surface area (Å²) in [5.41, 5.74) is 4.65. The summed E-state index contributed by atoms with van der Waals surface area (Å²) in [6.07, 6.45) is 0.625. The van der Waals surface area contributed by atoms with Gasteiger partial charge in [0.05, 0.1) is 6.10 Å². The first-order chi connectivity index (χ1) is 6.94. The molecule has 0 bridgehead atoms. The van der Waals surface area contributed by atoms with Crippen LogP contribution in [0.5, 0.6) is 0 Å². The number of carbonyl (C=O) groups excluding carboxylic acids is 1. The largest absolute Gasteiger partial charge is 0.409 e. The van der Waals surface area contributed by atoms with Gasteiger partial charge < -0.3 is 20.9 Å². The van der Waals surface area contributed by atoms with Crippen molar-refractivity contribution >= 4 is 11.7 Å². The Bertz CT molecular complexity index is 284. The van der Waals surface area contributed by atoms with Crippen molar-refractivity contribution < 1.29 is 15.1 Å². The van der Waals surface area contributed by atoms with Gasteiger partial charge in [-0.1, -0.05) is 5.16 Å². The van der Waals surface area contributed by atoms with Crippen molar-refractivity contribution in [3.63, 3.8) is 0 Å². The lowest BCUT2D eigenvalue weighted by Crippen LogP contribution is -2.43. The molecule has 4 N–H and O–H groups in total. The smallest absolute Gasteiger partial charge is 0.236 e. The Morgan fingerprint density at radius 1 is 1.67 bits per heavy atom. The van der Waals surface area contributed by atoms with Crippen LogP contribution in [0.4, 0.5) is 0 Å². The second-order valence-electron chi connectivity index (χ2n) is 4.10. The highest BCUT2D eigenvalue weighted by molar-refractivity contribution is 6.09.